The summed E-state index contributed by atoms with van der Waals surface area (Å²) >= 11 is 0. The number of hydrogen-bond acceptors (Lipinski definition) is 3. The van der Waals surface area contributed by atoms with Crippen LogP contribution in [0.2, 0.25) is 19.6 Å². The van der Waals surface area contributed by atoms with Gasteiger partial charge in [-0.3, -0.25) is 4.98 Å². The summed E-state index contributed by atoms with van der Waals surface area (Å²) < 4.78 is 4.73. The van der Waals surface area contributed by atoms with Crippen molar-refractivity contribution >= 4 is 46.1 Å². The van der Waals surface area contributed by atoms with E-state index in [0.29, 0.717) is 23.3 Å². The molecule has 9 aromatic rings. The molecule has 0 aliphatic carbocycles. The van der Waals surface area contributed by atoms with Gasteiger partial charge in [-0.2, -0.15) is 0 Å². The minimum Gasteiger partial charge on any atom is -0.351 e. The molecular weight excluding hydrogens is 975 g/mol. The predicted molar refractivity (Wildman–Crippen MR) is 267 cm³/mol. The van der Waals surface area contributed by atoms with Crippen molar-refractivity contribution in [2.75, 3.05) is 0 Å². The molecule has 0 saturated heterocycles. The molecule has 1 radical (unpaired) electrons. The molecule has 0 aliphatic rings. The SMILES string of the molecule is CC(C)Cc1cc(-c2[c-]cc(C#N)cc2)ncc1[Si](C)(C)C.Cc1ccc2c(c1)c1cc(-c3nc4ccccc4n3-c3c(C(C)C)cccc3C(C)C)[c-]cc1n2-c1ccccc1.[Ir]. The number of imidazole rings is 1. The van der Waals surface area contributed by atoms with Crippen LogP contribution < -0.4 is 5.19 Å². The van der Waals surface area contributed by atoms with E-state index in [1.54, 1.807) is 6.07 Å². The summed E-state index contributed by atoms with van der Waals surface area (Å²) in [5.41, 5.74) is 15.7. The molecule has 0 fully saturated rings. The number of aromatic nitrogens is 4. The second-order valence-corrected chi connectivity index (χ2v) is 23.9. The van der Waals surface area contributed by atoms with Gasteiger partial charge in [0.2, 0.25) is 0 Å². The molecule has 7 heteroatoms. The summed E-state index contributed by atoms with van der Waals surface area (Å²) in [6, 6.07) is 53.7. The molecule has 64 heavy (non-hydrogen) atoms. The number of pyridine rings is 1. The van der Waals surface area contributed by atoms with Crippen LogP contribution in [-0.2, 0) is 26.5 Å². The van der Waals surface area contributed by atoms with Crippen LogP contribution in [0.1, 0.15) is 81.2 Å². The first-order valence-electron chi connectivity index (χ1n) is 22.3. The summed E-state index contributed by atoms with van der Waals surface area (Å²) in [6.07, 6.45) is 3.14. The molecule has 0 amide bonds. The molecule has 5 nitrogen and oxygen atoms in total. The zero-order valence-corrected chi connectivity index (χ0v) is 42.1. The molecule has 0 unspecified atom stereocenters. The van der Waals surface area contributed by atoms with Crippen LogP contribution in [0.15, 0.2) is 134 Å². The van der Waals surface area contributed by atoms with E-state index in [1.807, 2.05) is 12.1 Å². The molecule has 0 spiro atoms. The molecular formula is C57H57IrN5Si-2. The average Bonchev–Trinajstić information content (AvgIpc) is 3.81. The van der Waals surface area contributed by atoms with Crippen molar-refractivity contribution in [2.45, 2.75) is 86.4 Å². The van der Waals surface area contributed by atoms with Gasteiger partial charge < -0.3 is 14.1 Å². The number of aryl methyl sites for hydroxylation is 1. The van der Waals surface area contributed by atoms with Crippen molar-refractivity contribution in [2.24, 2.45) is 5.92 Å². The van der Waals surface area contributed by atoms with E-state index in [1.165, 1.54) is 49.4 Å². The Balaban J connectivity index is 0.000000227. The minimum absolute atomic E-state index is 0. The van der Waals surface area contributed by atoms with Crippen molar-refractivity contribution in [1.29, 1.82) is 5.26 Å². The number of hydrogen-bond donors (Lipinski definition) is 0. The summed E-state index contributed by atoms with van der Waals surface area (Å²) in [7, 11) is -1.40. The van der Waals surface area contributed by atoms with E-state index < -0.39 is 8.07 Å². The van der Waals surface area contributed by atoms with Crippen molar-refractivity contribution < 1.29 is 20.1 Å². The second-order valence-electron chi connectivity index (χ2n) is 18.9. The van der Waals surface area contributed by atoms with E-state index in [0.717, 1.165) is 51.3 Å². The molecule has 9 rings (SSSR count). The standard InChI is InChI=1S/C38H34N3.C19H23N2Si.Ir/c1-24(2)29-14-11-15-30(25(3)4)37(29)41-36-17-10-9-16-33(36)39-38(41)27-19-21-35-32(23-27)31-22-26(5)18-20-34(31)40(35)28-12-7-6-8-13-28;1-14(2)10-17-11-18(21-13-19(17)22(3,4)5)16-8-6-15(12-20)7-9-16;/h6-18,20-25H,1-5H3;6-8,11,13-14H,10H2,1-5H3;/q2*-1;. The predicted octanol–water partition coefficient (Wildman–Crippen LogP) is 14.3. The van der Waals surface area contributed by atoms with Crippen LogP contribution in [0, 0.1) is 36.3 Å². The molecule has 3 heterocycles. The smallest absolute Gasteiger partial charge is 0.0798 e. The normalized spacial score (nSPS) is 11.6. The number of fused-ring (bicyclic) bond motifs is 4. The maximum Gasteiger partial charge on any atom is 0.0798 e. The van der Waals surface area contributed by atoms with Crippen LogP contribution in [0.4, 0.5) is 0 Å². The van der Waals surface area contributed by atoms with Gasteiger partial charge in [-0.05, 0) is 99.9 Å². The van der Waals surface area contributed by atoms with E-state index in [2.05, 4.69) is 216 Å². The number of nitriles is 1. The van der Waals surface area contributed by atoms with Crippen LogP contribution in [0.25, 0.3) is 66.9 Å². The van der Waals surface area contributed by atoms with E-state index >= 15 is 0 Å². The van der Waals surface area contributed by atoms with Crippen molar-refractivity contribution in [1.82, 2.24) is 19.1 Å². The van der Waals surface area contributed by atoms with Crippen molar-refractivity contribution in [3.8, 4) is 40.1 Å². The van der Waals surface area contributed by atoms with Crippen LogP contribution in [0.5, 0.6) is 0 Å². The molecule has 3 aromatic heterocycles. The third-order valence-electron chi connectivity index (χ3n) is 11.9. The number of para-hydroxylation sites is 4. The third kappa shape index (κ3) is 9.19. The Kier molecular flexibility index (Phi) is 13.7. The van der Waals surface area contributed by atoms with Gasteiger partial charge in [-0.25, -0.2) is 5.26 Å². The molecule has 0 saturated carbocycles. The van der Waals surface area contributed by atoms with E-state index in [9.17, 15) is 0 Å². The van der Waals surface area contributed by atoms with Crippen molar-refractivity contribution in [3.63, 3.8) is 0 Å². The van der Waals surface area contributed by atoms with Gasteiger partial charge in [0.15, 0.2) is 0 Å². The summed E-state index contributed by atoms with van der Waals surface area (Å²) in [5, 5.41) is 12.8. The first-order chi connectivity index (χ1) is 30.2. The summed E-state index contributed by atoms with van der Waals surface area (Å²) in [5.74, 6) is 2.29. The van der Waals surface area contributed by atoms with Crippen molar-refractivity contribution in [3.05, 3.63) is 174 Å². The number of rotatable bonds is 9. The minimum atomic E-state index is -1.40. The topological polar surface area (TPSA) is 59.4 Å². The molecule has 325 valence electrons. The van der Waals surface area contributed by atoms with Gasteiger partial charge in [0, 0.05) is 49.3 Å². The molecule has 0 bridgehead atoms. The van der Waals surface area contributed by atoms with Crippen LogP contribution >= 0.6 is 0 Å². The Labute approximate surface area is 394 Å². The molecule has 0 N–H and O–H groups in total. The zero-order valence-electron chi connectivity index (χ0n) is 38.7. The Morgan fingerprint density at radius 2 is 1.34 bits per heavy atom. The Morgan fingerprint density at radius 3 is 1.98 bits per heavy atom. The van der Waals surface area contributed by atoms with Gasteiger partial charge in [0.05, 0.1) is 24.9 Å². The third-order valence-corrected chi connectivity index (χ3v) is 13.9. The number of nitrogens with zero attached hydrogens (tertiary/aromatic N) is 5. The largest absolute Gasteiger partial charge is 0.351 e. The zero-order chi connectivity index (χ0) is 44.6. The number of benzene rings is 6. The van der Waals surface area contributed by atoms with Gasteiger partial charge >= 0.3 is 0 Å². The fraction of sp³-hybridized carbons (Fsp3) is 0.246. The van der Waals surface area contributed by atoms with Crippen LogP contribution in [0.3, 0.4) is 0 Å². The average molecular weight is 1030 g/mol. The fourth-order valence-electron chi connectivity index (χ4n) is 8.84. The molecule has 0 atom stereocenters. The summed E-state index contributed by atoms with van der Waals surface area (Å²) in [4.78, 5) is 9.91. The monoisotopic (exact) mass is 1030 g/mol. The van der Waals surface area contributed by atoms with Gasteiger partial charge in [0.25, 0.3) is 0 Å². The maximum absolute atomic E-state index is 8.89. The van der Waals surface area contributed by atoms with E-state index in [-0.39, 0.29) is 20.1 Å². The first kappa shape index (κ1) is 46.1. The molecule has 6 aromatic carbocycles. The Bertz CT molecular complexity index is 3100. The van der Waals surface area contributed by atoms with E-state index in [4.69, 9.17) is 10.2 Å². The Morgan fingerprint density at radius 1 is 0.672 bits per heavy atom. The fourth-order valence-corrected chi connectivity index (χ4v) is 10.4. The second kappa shape index (κ2) is 19.1. The maximum atomic E-state index is 8.89. The summed E-state index contributed by atoms with van der Waals surface area (Å²) in [6.45, 7) is 22.9. The quantitative estimate of drug-likeness (QED) is 0.107. The molecule has 0 aliphatic heterocycles. The van der Waals surface area contributed by atoms with Crippen LogP contribution in [-0.4, -0.2) is 27.2 Å². The van der Waals surface area contributed by atoms with Gasteiger partial charge in [-0.1, -0.05) is 144 Å². The first-order valence-corrected chi connectivity index (χ1v) is 25.8. The van der Waals surface area contributed by atoms with Gasteiger partial charge in [0.1, 0.15) is 0 Å². The Hall–Kier alpha value is -5.90. The van der Waals surface area contributed by atoms with Gasteiger partial charge in [-0.15, -0.1) is 53.6 Å².